The molecule has 136 valence electrons. The highest BCUT2D eigenvalue weighted by atomic mass is 32.2. The topological polar surface area (TPSA) is 113 Å². The van der Waals surface area contributed by atoms with Gasteiger partial charge in [-0.15, -0.1) is 11.3 Å². The van der Waals surface area contributed by atoms with Crippen LogP contribution in [0.3, 0.4) is 0 Å². The van der Waals surface area contributed by atoms with Gasteiger partial charge < -0.3 is 10.1 Å². The van der Waals surface area contributed by atoms with Gasteiger partial charge in [0, 0.05) is 5.56 Å². The van der Waals surface area contributed by atoms with E-state index in [0.29, 0.717) is 5.56 Å². The summed E-state index contributed by atoms with van der Waals surface area (Å²) in [5, 5.41) is 12.1. The summed E-state index contributed by atoms with van der Waals surface area (Å²) >= 11 is 0.933. The third-order valence-corrected chi connectivity index (χ3v) is 6.61. The number of nitrogens with zero attached hydrogens (tertiary/aromatic N) is 1. The first-order valence-electron chi connectivity index (χ1n) is 7.51. The number of hydrogen-bond acceptors (Lipinski definition) is 7. The van der Waals surface area contributed by atoms with Crippen molar-refractivity contribution < 1.29 is 22.7 Å². The first kappa shape index (κ1) is 19.6. The van der Waals surface area contributed by atoms with Crippen molar-refractivity contribution >= 4 is 38.1 Å². The summed E-state index contributed by atoms with van der Waals surface area (Å²) in [4.78, 5) is 24.5. The SMILES string of the molecule is CCS(=O)(=O)c1cccc(C(=O)Nc2sc(C(=O)OC)c(C)c2C#N)c1. The minimum absolute atomic E-state index is 0.0470. The van der Waals surface area contributed by atoms with Crippen LogP contribution in [-0.4, -0.2) is 33.2 Å². The van der Waals surface area contributed by atoms with Crippen molar-refractivity contribution in [2.45, 2.75) is 18.7 Å². The van der Waals surface area contributed by atoms with Gasteiger partial charge in [-0.1, -0.05) is 13.0 Å². The molecule has 0 aliphatic rings. The molecule has 1 amide bonds. The Morgan fingerprint density at radius 2 is 2.04 bits per heavy atom. The van der Waals surface area contributed by atoms with Gasteiger partial charge >= 0.3 is 5.97 Å². The molecule has 1 N–H and O–H groups in total. The van der Waals surface area contributed by atoms with E-state index in [0.717, 1.165) is 11.3 Å². The average molecular weight is 392 g/mol. The Hall–Kier alpha value is -2.70. The zero-order chi connectivity index (χ0) is 19.5. The van der Waals surface area contributed by atoms with Gasteiger partial charge in [0.2, 0.25) is 0 Å². The second-order valence-electron chi connectivity index (χ2n) is 5.25. The lowest BCUT2D eigenvalue weighted by atomic mass is 10.1. The number of amides is 1. The molecule has 0 unspecified atom stereocenters. The minimum atomic E-state index is -3.45. The van der Waals surface area contributed by atoms with Gasteiger partial charge in [0.15, 0.2) is 9.84 Å². The molecule has 0 aliphatic carbocycles. The van der Waals surface area contributed by atoms with Crippen LogP contribution in [-0.2, 0) is 14.6 Å². The molecule has 0 saturated heterocycles. The summed E-state index contributed by atoms with van der Waals surface area (Å²) in [7, 11) is -2.22. The lowest BCUT2D eigenvalue weighted by Gasteiger charge is -2.06. The number of ether oxygens (including phenoxy) is 1. The maximum atomic E-state index is 12.5. The third-order valence-electron chi connectivity index (χ3n) is 3.69. The van der Waals surface area contributed by atoms with Gasteiger partial charge in [0.05, 0.1) is 23.3 Å². The molecule has 0 aliphatic heterocycles. The van der Waals surface area contributed by atoms with Crippen molar-refractivity contribution in [3.8, 4) is 6.07 Å². The van der Waals surface area contributed by atoms with Gasteiger partial charge in [-0.05, 0) is 30.7 Å². The van der Waals surface area contributed by atoms with Crippen LogP contribution in [0.2, 0.25) is 0 Å². The maximum Gasteiger partial charge on any atom is 0.348 e. The first-order valence-corrected chi connectivity index (χ1v) is 9.98. The molecule has 9 heteroatoms. The minimum Gasteiger partial charge on any atom is -0.465 e. The Kier molecular flexibility index (Phi) is 5.79. The highest BCUT2D eigenvalue weighted by Gasteiger charge is 2.22. The predicted octanol–water partition coefficient (Wildman–Crippen LogP) is 2.76. The molecular formula is C17H16N2O5S2. The standard InChI is InChI=1S/C17H16N2O5S2/c1-4-26(22,23)12-7-5-6-11(8-12)15(20)19-16-13(9-18)10(2)14(25-16)17(21)24-3/h5-8H,4H2,1-3H3,(H,19,20). The van der Waals surface area contributed by atoms with E-state index in [1.807, 2.05) is 6.07 Å². The number of nitrogens with one attached hydrogen (secondary N) is 1. The molecule has 1 aromatic carbocycles. The molecule has 0 spiro atoms. The summed E-state index contributed by atoms with van der Waals surface area (Å²) in [6, 6.07) is 7.60. The summed E-state index contributed by atoms with van der Waals surface area (Å²) in [6.45, 7) is 3.11. The van der Waals surface area contributed by atoms with Gasteiger partial charge in [0.25, 0.3) is 5.91 Å². The number of hydrogen-bond donors (Lipinski definition) is 1. The Morgan fingerprint density at radius 3 is 2.62 bits per heavy atom. The smallest absolute Gasteiger partial charge is 0.348 e. The van der Waals surface area contributed by atoms with Gasteiger partial charge in [0.1, 0.15) is 15.9 Å². The molecule has 1 aromatic heterocycles. The maximum absolute atomic E-state index is 12.5. The predicted molar refractivity (Wildman–Crippen MR) is 97.2 cm³/mol. The molecule has 26 heavy (non-hydrogen) atoms. The fraction of sp³-hybridized carbons (Fsp3) is 0.235. The summed E-state index contributed by atoms with van der Waals surface area (Å²) < 4.78 is 28.6. The van der Waals surface area contributed by atoms with Crippen LogP contribution < -0.4 is 5.32 Å². The lowest BCUT2D eigenvalue weighted by molar-refractivity contribution is 0.0605. The van der Waals surface area contributed by atoms with Crippen LogP contribution in [0.15, 0.2) is 29.2 Å². The fourth-order valence-electron chi connectivity index (χ4n) is 2.20. The molecule has 1 heterocycles. The van der Waals surface area contributed by atoms with Crippen LogP contribution in [0.1, 0.15) is 38.1 Å². The average Bonchev–Trinajstić information content (AvgIpc) is 2.96. The van der Waals surface area contributed by atoms with E-state index < -0.39 is 21.7 Å². The Labute approximate surface area is 155 Å². The summed E-state index contributed by atoms with van der Waals surface area (Å²) in [5.41, 5.74) is 0.720. The van der Waals surface area contributed by atoms with Gasteiger partial charge in [-0.25, -0.2) is 13.2 Å². The van der Waals surface area contributed by atoms with E-state index in [2.05, 4.69) is 10.1 Å². The first-order chi connectivity index (χ1) is 12.2. The van der Waals surface area contributed by atoms with Gasteiger partial charge in [-0.3, -0.25) is 4.79 Å². The Bertz CT molecular complexity index is 1020. The molecule has 0 bridgehead atoms. The van der Waals surface area contributed by atoms with E-state index in [9.17, 15) is 23.3 Å². The molecule has 7 nitrogen and oxygen atoms in total. The summed E-state index contributed by atoms with van der Waals surface area (Å²) in [5.74, 6) is -1.25. The highest BCUT2D eigenvalue weighted by Crippen LogP contribution is 2.33. The van der Waals surface area contributed by atoms with Crippen LogP contribution >= 0.6 is 11.3 Å². The molecule has 0 atom stereocenters. The fourth-order valence-corrected chi connectivity index (χ4v) is 4.19. The van der Waals surface area contributed by atoms with E-state index in [-0.39, 0.29) is 31.7 Å². The zero-order valence-corrected chi connectivity index (χ0v) is 16.0. The third kappa shape index (κ3) is 3.76. The number of nitriles is 1. The molecule has 0 fully saturated rings. The number of benzene rings is 1. The quantitative estimate of drug-likeness (QED) is 0.783. The van der Waals surface area contributed by atoms with Crippen LogP contribution in [0.5, 0.6) is 0 Å². The number of rotatable bonds is 5. The number of anilines is 1. The second kappa shape index (κ2) is 7.68. The highest BCUT2D eigenvalue weighted by molar-refractivity contribution is 7.91. The molecule has 2 aromatic rings. The number of carbonyl (C=O) groups excluding carboxylic acids is 2. The van der Waals surface area contributed by atoms with Crippen molar-refractivity contribution in [2.75, 3.05) is 18.2 Å². The normalized spacial score (nSPS) is 10.8. The van der Waals surface area contributed by atoms with E-state index in [1.54, 1.807) is 6.92 Å². The lowest BCUT2D eigenvalue weighted by Crippen LogP contribution is -2.13. The molecular weight excluding hydrogens is 376 g/mol. The van der Waals surface area contributed by atoms with Crippen LogP contribution in [0.25, 0.3) is 0 Å². The molecule has 2 rings (SSSR count). The molecule has 0 radical (unpaired) electrons. The molecule has 0 saturated carbocycles. The number of thiophene rings is 1. The van der Waals surface area contributed by atoms with Crippen molar-refractivity contribution in [3.05, 3.63) is 45.8 Å². The Balaban J connectivity index is 2.39. The van der Waals surface area contributed by atoms with Crippen LogP contribution in [0, 0.1) is 18.3 Å². The number of sulfone groups is 1. The Morgan fingerprint density at radius 1 is 1.35 bits per heavy atom. The van der Waals surface area contributed by atoms with E-state index in [4.69, 9.17) is 0 Å². The zero-order valence-electron chi connectivity index (χ0n) is 14.3. The number of methoxy groups -OCH3 is 1. The largest absolute Gasteiger partial charge is 0.465 e. The van der Waals surface area contributed by atoms with E-state index >= 15 is 0 Å². The summed E-state index contributed by atoms with van der Waals surface area (Å²) in [6.07, 6.45) is 0. The second-order valence-corrected chi connectivity index (χ2v) is 8.55. The van der Waals surface area contributed by atoms with Crippen molar-refractivity contribution in [1.82, 2.24) is 0 Å². The number of esters is 1. The van der Waals surface area contributed by atoms with E-state index in [1.165, 1.54) is 38.3 Å². The van der Waals surface area contributed by atoms with Gasteiger partial charge in [-0.2, -0.15) is 5.26 Å². The monoisotopic (exact) mass is 392 g/mol. The van der Waals surface area contributed by atoms with Crippen molar-refractivity contribution in [3.63, 3.8) is 0 Å². The van der Waals surface area contributed by atoms with Crippen LogP contribution in [0.4, 0.5) is 5.00 Å². The van der Waals surface area contributed by atoms with Crippen molar-refractivity contribution in [1.29, 1.82) is 5.26 Å². The number of carbonyl (C=O) groups is 2. The van der Waals surface area contributed by atoms with Crippen molar-refractivity contribution in [2.24, 2.45) is 0 Å².